The molecule has 0 unspecified atom stereocenters. The highest BCUT2D eigenvalue weighted by Gasteiger charge is 2.08. The van der Waals surface area contributed by atoms with E-state index in [1.54, 1.807) is 18.2 Å². The number of anilines is 1. The number of aliphatic hydroxyl groups excluding tert-OH is 1. The van der Waals surface area contributed by atoms with E-state index in [9.17, 15) is 4.79 Å². The summed E-state index contributed by atoms with van der Waals surface area (Å²) in [5.41, 5.74) is 2.99. The van der Waals surface area contributed by atoms with Crippen LogP contribution in [0, 0.1) is 25.7 Å². The van der Waals surface area contributed by atoms with Gasteiger partial charge < -0.3 is 10.4 Å². The molecule has 0 bridgehead atoms. The average molecular weight is 280 g/mol. The van der Waals surface area contributed by atoms with Gasteiger partial charge in [-0.15, -0.1) is 0 Å². The van der Waals surface area contributed by atoms with Crippen molar-refractivity contribution >= 4 is 11.7 Å². The summed E-state index contributed by atoms with van der Waals surface area (Å²) in [6.07, 6.45) is 0. The average Bonchev–Trinajstić information content (AvgIpc) is 2.44. The number of hydrogen-bond donors (Lipinski definition) is 2. The Balaban J connectivity index is 2.24. The maximum Gasteiger partial charge on any atom is 0.256 e. The molecular formula is C17H16N2O2. The molecule has 1 aromatic heterocycles. The third kappa shape index (κ3) is 4.16. The minimum absolute atomic E-state index is 0.206. The Labute approximate surface area is 123 Å². The van der Waals surface area contributed by atoms with Gasteiger partial charge in [-0.1, -0.05) is 17.9 Å². The van der Waals surface area contributed by atoms with Gasteiger partial charge in [-0.25, -0.2) is 4.98 Å². The van der Waals surface area contributed by atoms with Crippen molar-refractivity contribution in [3.05, 3.63) is 58.8 Å². The van der Waals surface area contributed by atoms with Gasteiger partial charge in [0, 0.05) is 16.8 Å². The zero-order valence-electron chi connectivity index (χ0n) is 12.0. The van der Waals surface area contributed by atoms with Gasteiger partial charge in [0.1, 0.15) is 12.4 Å². The smallest absolute Gasteiger partial charge is 0.256 e. The van der Waals surface area contributed by atoms with E-state index in [4.69, 9.17) is 5.11 Å². The number of carbonyl (C=O) groups is 1. The van der Waals surface area contributed by atoms with Gasteiger partial charge in [0.15, 0.2) is 0 Å². The number of nitrogens with zero attached hydrogens (tertiary/aromatic N) is 1. The largest absolute Gasteiger partial charge is 0.384 e. The Kier molecular flexibility index (Phi) is 4.70. The second-order valence-electron chi connectivity index (χ2n) is 4.67. The molecule has 0 aliphatic carbocycles. The first-order valence-corrected chi connectivity index (χ1v) is 6.55. The summed E-state index contributed by atoms with van der Waals surface area (Å²) in [7, 11) is 0. The fraction of sp³-hybridized carbons (Fsp3) is 0.176. The number of carbonyl (C=O) groups excluding carboxylic acids is 1. The van der Waals surface area contributed by atoms with Crippen LogP contribution in [0.25, 0.3) is 0 Å². The summed E-state index contributed by atoms with van der Waals surface area (Å²) in [6.45, 7) is 3.55. The van der Waals surface area contributed by atoms with Crippen LogP contribution in [0.2, 0.25) is 0 Å². The predicted molar refractivity (Wildman–Crippen MR) is 82.1 cm³/mol. The Morgan fingerprint density at radius 1 is 1.29 bits per heavy atom. The second kappa shape index (κ2) is 6.69. The molecule has 2 N–H and O–H groups in total. The van der Waals surface area contributed by atoms with Gasteiger partial charge in [0.25, 0.3) is 5.91 Å². The lowest BCUT2D eigenvalue weighted by Crippen LogP contribution is -2.13. The number of aryl methyl sites for hydroxylation is 2. The molecule has 21 heavy (non-hydrogen) atoms. The molecule has 0 spiro atoms. The Morgan fingerprint density at radius 3 is 2.81 bits per heavy atom. The van der Waals surface area contributed by atoms with E-state index in [0.29, 0.717) is 16.9 Å². The topological polar surface area (TPSA) is 62.2 Å². The lowest BCUT2D eigenvalue weighted by molar-refractivity contribution is 0.102. The molecule has 4 nitrogen and oxygen atoms in total. The van der Waals surface area contributed by atoms with E-state index in [1.165, 1.54) is 0 Å². The number of benzene rings is 1. The summed E-state index contributed by atoms with van der Waals surface area (Å²) in [5.74, 6) is 5.67. The zero-order valence-corrected chi connectivity index (χ0v) is 12.0. The van der Waals surface area contributed by atoms with Crippen molar-refractivity contribution in [2.75, 3.05) is 11.9 Å². The molecule has 0 atom stereocenters. The predicted octanol–water partition coefficient (Wildman–Crippen LogP) is 2.29. The fourth-order valence-electron chi connectivity index (χ4n) is 1.93. The van der Waals surface area contributed by atoms with Gasteiger partial charge >= 0.3 is 0 Å². The van der Waals surface area contributed by atoms with E-state index in [0.717, 1.165) is 11.3 Å². The highest BCUT2D eigenvalue weighted by atomic mass is 16.2. The summed E-state index contributed by atoms with van der Waals surface area (Å²) in [5, 5.41) is 11.5. The first kappa shape index (κ1) is 14.8. The molecule has 0 aliphatic rings. The number of amides is 1. The van der Waals surface area contributed by atoms with Crippen LogP contribution in [0.15, 0.2) is 36.4 Å². The van der Waals surface area contributed by atoms with E-state index < -0.39 is 0 Å². The van der Waals surface area contributed by atoms with E-state index in [1.807, 2.05) is 32.0 Å². The van der Waals surface area contributed by atoms with E-state index in [2.05, 4.69) is 22.1 Å². The number of aromatic nitrogens is 1. The minimum atomic E-state index is -0.233. The maximum absolute atomic E-state index is 12.3. The number of pyridine rings is 1. The van der Waals surface area contributed by atoms with Gasteiger partial charge in [0.05, 0.1) is 0 Å². The summed E-state index contributed by atoms with van der Waals surface area (Å²) in [6, 6.07) is 10.8. The SMILES string of the molecule is Cc1cc(C#CCO)cc(C(=O)Nc2cccc(C)n2)c1. The van der Waals surface area contributed by atoms with E-state index >= 15 is 0 Å². The van der Waals surface area contributed by atoms with Gasteiger partial charge in [0.2, 0.25) is 0 Å². The Hall–Kier alpha value is -2.64. The van der Waals surface area contributed by atoms with Crippen LogP contribution < -0.4 is 5.32 Å². The lowest BCUT2D eigenvalue weighted by Gasteiger charge is -2.06. The minimum Gasteiger partial charge on any atom is -0.384 e. The van der Waals surface area contributed by atoms with Crippen molar-refractivity contribution in [3.8, 4) is 11.8 Å². The van der Waals surface area contributed by atoms with Crippen molar-refractivity contribution in [1.82, 2.24) is 4.98 Å². The third-order valence-corrected chi connectivity index (χ3v) is 2.78. The van der Waals surface area contributed by atoms with E-state index in [-0.39, 0.29) is 12.5 Å². The molecule has 0 saturated carbocycles. The summed E-state index contributed by atoms with van der Waals surface area (Å²) in [4.78, 5) is 16.5. The van der Waals surface area contributed by atoms with Crippen molar-refractivity contribution in [3.63, 3.8) is 0 Å². The maximum atomic E-state index is 12.3. The normalized spacial score (nSPS) is 9.67. The zero-order chi connectivity index (χ0) is 15.2. The number of aliphatic hydroxyl groups is 1. The second-order valence-corrected chi connectivity index (χ2v) is 4.67. The Morgan fingerprint density at radius 2 is 2.10 bits per heavy atom. The molecule has 1 amide bonds. The third-order valence-electron chi connectivity index (χ3n) is 2.78. The summed E-state index contributed by atoms with van der Waals surface area (Å²) >= 11 is 0. The molecule has 4 heteroatoms. The molecule has 0 radical (unpaired) electrons. The van der Waals surface area contributed by atoms with Crippen LogP contribution >= 0.6 is 0 Å². The van der Waals surface area contributed by atoms with Crippen LogP contribution in [-0.2, 0) is 0 Å². The van der Waals surface area contributed by atoms with Crippen LogP contribution in [0.1, 0.15) is 27.2 Å². The standard InChI is InChI=1S/C17H16N2O2/c1-12-9-14(6-4-8-20)11-15(10-12)17(21)19-16-7-3-5-13(2)18-16/h3,5,7,9-11,20H,8H2,1-2H3,(H,18,19,21). The van der Waals surface area contributed by atoms with Crippen molar-refractivity contribution in [1.29, 1.82) is 0 Å². The Bertz CT molecular complexity index is 727. The molecule has 1 aromatic carbocycles. The molecular weight excluding hydrogens is 264 g/mol. The van der Waals surface area contributed by atoms with Crippen molar-refractivity contribution in [2.24, 2.45) is 0 Å². The van der Waals surface area contributed by atoms with Gasteiger partial charge in [-0.3, -0.25) is 4.79 Å². The highest BCUT2D eigenvalue weighted by molar-refractivity contribution is 6.04. The van der Waals surface area contributed by atoms with Gasteiger partial charge in [-0.2, -0.15) is 0 Å². The van der Waals surface area contributed by atoms with Crippen molar-refractivity contribution < 1.29 is 9.90 Å². The monoisotopic (exact) mass is 280 g/mol. The molecule has 1 heterocycles. The molecule has 0 aliphatic heterocycles. The quantitative estimate of drug-likeness (QED) is 0.830. The highest BCUT2D eigenvalue weighted by Crippen LogP contribution is 2.12. The van der Waals surface area contributed by atoms with Crippen LogP contribution in [-0.4, -0.2) is 22.6 Å². The first-order chi connectivity index (χ1) is 10.1. The fourth-order valence-corrected chi connectivity index (χ4v) is 1.93. The number of hydrogen-bond acceptors (Lipinski definition) is 3. The van der Waals surface area contributed by atoms with Crippen molar-refractivity contribution in [2.45, 2.75) is 13.8 Å². The van der Waals surface area contributed by atoms with Crippen LogP contribution in [0.3, 0.4) is 0 Å². The first-order valence-electron chi connectivity index (χ1n) is 6.55. The van der Waals surface area contributed by atoms with Crippen LogP contribution in [0.4, 0.5) is 5.82 Å². The molecule has 106 valence electrons. The molecule has 2 aromatic rings. The number of rotatable bonds is 2. The van der Waals surface area contributed by atoms with Crippen LogP contribution in [0.5, 0.6) is 0 Å². The number of nitrogens with one attached hydrogen (secondary N) is 1. The molecule has 0 fully saturated rings. The molecule has 2 rings (SSSR count). The van der Waals surface area contributed by atoms with Gasteiger partial charge in [-0.05, 0) is 49.7 Å². The molecule has 0 saturated heterocycles. The lowest BCUT2D eigenvalue weighted by atomic mass is 10.1. The summed E-state index contributed by atoms with van der Waals surface area (Å²) < 4.78 is 0.